The summed E-state index contributed by atoms with van der Waals surface area (Å²) in [6.45, 7) is 3.46. The molecule has 1 saturated heterocycles. The van der Waals surface area contributed by atoms with E-state index in [0.29, 0.717) is 5.56 Å². The Morgan fingerprint density at radius 3 is 2.56 bits per heavy atom. The first-order chi connectivity index (χ1) is 17.4. The highest BCUT2D eigenvalue weighted by molar-refractivity contribution is 9.10. The molecular weight excluding hydrogens is 516 g/mol. The molecule has 2 aliphatic rings. The van der Waals surface area contributed by atoms with Gasteiger partial charge in [0.1, 0.15) is 6.17 Å². The summed E-state index contributed by atoms with van der Waals surface area (Å²) in [5, 5.41) is 0. The predicted octanol–water partition coefficient (Wildman–Crippen LogP) is 4.54. The van der Waals surface area contributed by atoms with Gasteiger partial charge in [-0.1, -0.05) is 65.3 Å². The van der Waals surface area contributed by atoms with Gasteiger partial charge in [-0.05, 0) is 42.3 Å². The van der Waals surface area contributed by atoms with Crippen LogP contribution in [-0.4, -0.2) is 40.9 Å². The van der Waals surface area contributed by atoms with Gasteiger partial charge >= 0.3 is 0 Å². The molecule has 0 radical (unpaired) electrons. The summed E-state index contributed by atoms with van der Waals surface area (Å²) in [6.07, 6.45) is 2.86. The Bertz CT molecular complexity index is 1490. The average Bonchev–Trinajstić information content (AvgIpc) is 3.48. The number of carbonyl (C=O) groups is 2. The van der Waals surface area contributed by atoms with Crippen molar-refractivity contribution in [3.63, 3.8) is 0 Å². The Morgan fingerprint density at radius 2 is 1.75 bits per heavy atom. The van der Waals surface area contributed by atoms with Gasteiger partial charge in [-0.3, -0.25) is 9.59 Å². The van der Waals surface area contributed by atoms with Crippen molar-refractivity contribution >= 4 is 44.3 Å². The first-order valence-electron chi connectivity index (χ1n) is 12.2. The van der Waals surface area contributed by atoms with E-state index in [1.54, 1.807) is 0 Å². The molecule has 1 aromatic heterocycles. The Morgan fingerprint density at radius 1 is 1.03 bits per heavy atom. The molecule has 3 aromatic carbocycles. The highest BCUT2D eigenvalue weighted by Crippen LogP contribution is 2.51. The summed E-state index contributed by atoms with van der Waals surface area (Å²) in [4.78, 5) is 31.0. The Hall–Kier alpha value is -3.45. The molecule has 2 atom stereocenters. The lowest BCUT2D eigenvalue weighted by atomic mass is 9.81. The zero-order chi connectivity index (χ0) is 25.0. The van der Waals surface area contributed by atoms with E-state index in [4.69, 9.17) is 0 Å². The zero-order valence-corrected chi connectivity index (χ0v) is 22.0. The van der Waals surface area contributed by atoms with E-state index in [2.05, 4.69) is 59.1 Å². The maximum atomic E-state index is 13.7. The highest BCUT2D eigenvalue weighted by Gasteiger charge is 2.54. The summed E-state index contributed by atoms with van der Waals surface area (Å²) in [5.74, 6) is 0.123. The van der Waals surface area contributed by atoms with Crippen LogP contribution >= 0.6 is 15.9 Å². The lowest BCUT2D eigenvalue weighted by Gasteiger charge is -2.34. The number of likely N-dealkylation sites (tertiary alicyclic amines) is 1. The maximum Gasteiger partial charge on any atom is 0.266 e. The van der Waals surface area contributed by atoms with Crippen LogP contribution in [0.5, 0.6) is 0 Å². The second-order valence-corrected chi connectivity index (χ2v) is 11.0. The van der Waals surface area contributed by atoms with Crippen LogP contribution in [0.1, 0.15) is 29.3 Å². The van der Waals surface area contributed by atoms with E-state index in [0.717, 1.165) is 28.5 Å². The normalized spacial score (nSPS) is 20.6. The van der Waals surface area contributed by atoms with Crippen molar-refractivity contribution in [3.8, 4) is 0 Å². The zero-order valence-electron chi connectivity index (χ0n) is 20.4. The molecule has 2 unspecified atom stereocenters. The minimum atomic E-state index is -0.0727. The van der Waals surface area contributed by atoms with Crippen molar-refractivity contribution in [1.82, 2.24) is 9.47 Å². The fraction of sp³-hybridized carbons (Fsp3) is 0.276. The minimum absolute atomic E-state index is 0.00957. The standard InChI is InChI=1S/C29H28BrN4O2/c1-29-15-16-34(28(29)31(2)23-8-4-3-7-22(23)29)27(36)18-33-19-32(24-9-5-6-10-25(24)33)17-26(35)20-11-13-21(30)14-12-20/h3-14,19,28H,15-18H2,1-2H3/q+1. The number of carbonyl (C=O) groups excluding carboxylic acids is 2. The lowest BCUT2D eigenvalue weighted by Crippen LogP contribution is -2.50. The van der Waals surface area contributed by atoms with Crippen LogP contribution in [0.15, 0.2) is 83.6 Å². The molecule has 0 spiro atoms. The molecule has 6 rings (SSSR count). The van der Waals surface area contributed by atoms with Gasteiger partial charge in [0.25, 0.3) is 5.91 Å². The molecule has 0 N–H and O–H groups in total. The van der Waals surface area contributed by atoms with Crippen LogP contribution in [0.25, 0.3) is 11.0 Å². The van der Waals surface area contributed by atoms with E-state index in [1.165, 1.54) is 11.3 Å². The van der Waals surface area contributed by atoms with Crippen LogP contribution in [-0.2, 0) is 23.3 Å². The van der Waals surface area contributed by atoms with E-state index >= 15 is 0 Å². The molecule has 0 aliphatic carbocycles. The van der Waals surface area contributed by atoms with E-state index in [1.807, 2.05) is 68.9 Å². The fourth-order valence-corrected chi connectivity index (χ4v) is 6.39. The smallest absolute Gasteiger partial charge is 0.266 e. The number of amides is 1. The predicted molar refractivity (Wildman–Crippen MR) is 143 cm³/mol. The van der Waals surface area contributed by atoms with Crippen LogP contribution in [0.2, 0.25) is 0 Å². The quantitative estimate of drug-likeness (QED) is 0.274. The molecule has 182 valence electrons. The topological polar surface area (TPSA) is 49.4 Å². The first-order valence-corrected chi connectivity index (χ1v) is 13.0. The molecule has 1 fully saturated rings. The molecule has 36 heavy (non-hydrogen) atoms. The molecule has 1 amide bonds. The summed E-state index contributed by atoms with van der Waals surface area (Å²) < 4.78 is 4.86. The second kappa shape index (κ2) is 8.59. The largest absolute Gasteiger partial charge is 0.353 e. The lowest BCUT2D eigenvalue weighted by molar-refractivity contribution is -0.657. The van der Waals surface area contributed by atoms with Gasteiger partial charge in [-0.2, -0.15) is 0 Å². The van der Waals surface area contributed by atoms with Gasteiger partial charge in [0.2, 0.25) is 12.1 Å². The van der Waals surface area contributed by atoms with Crippen molar-refractivity contribution in [2.24, 2.45) is 0 Å². The molecule has 2 aliphatic heterocycles. The van der Waals surface area contributed by atoms with Gasteiger partial charge in [0, 0.05) is 34.7 Å². The number of anilines is 1. The third-order valence-electron chi connectivity index (χ3n) is 7.89. The van der Waals surface area contributed by atoms with Crippen molar-refractivity contribution in [1.29, 1.82) is 0 Å². The van der Waals surface area contributed by atoms with Crippen molar-refractivity contribution in [2.75, 3.05) is 18.5 Å². The molecule has 7 heteroatoms. The average molecular weight is 544 g/mol. The summed E-state index contributed by atoms with van der Waals surface area (Å²) in [5.41, 5.74) is 5.00. The summed E-state index contributed by atoms with van der Waals surface area (Å²) >= 11 is 3.42. The number of Topliss-reactive ketones (excluding diaryl/α,β-unsaturated/α-hetero) is 1. The molecule has 0 bridgehead atoms. The molecule has 6 nitrogen and oxygen atoms in total. The Balaban J connectivity index is 1.27. The highest BCUT2D eigenvalue weighted by atomic mass is 79.9. The molecular formula is C29H28BrN4O2+. The number of ketones is 1. The van der Waals surface area contributed by atoms with Crippen LogP contribution in [0, 0.1) is 0 Å². The molecule has 3 heterocycles. The number of nitrogens with zero attached hydrogens (tertiary/aromatic N) is 4. The minimum Gasteiger partial charge on any atom is -0.353 e. The van der Waals surface area contributed by atoms with Crippen LogP contribution in [0.3, 0.4) is 0 Å². The van der Waals surface area contributed by atoms with Gasteiger partial charge in [-0.25, -0.2) is 9.13 Å². The number of aromatic nitrogens is 2. The summed E-state index contributed by atoms with van der Waals surface area (Å²) in [6, 6.07) is 23.9. The van der Waals surface area contributed by atoms with Crippen LogP contribution < -0.4 is 9.47 Å². The van der Waals surface area contributed by atoms with Gasteiger partial charge in [0.05, 0.1) is 0 Å². The number of imidazole rings is 1. The summed E-state index contributed by atoms with van der Waals surface area (Å²) in [7, 11) is 2.09. The number of benzene rings is 3. The van der Waals surface area contributed by atoms with Crippen LogP contribution in [0.4, 0.5) is 5.69 Å². The third-order valence-corrected chi connectivity index (χ3v) is 8.42. The number of likely N-dealkylation sites (N-methyl/N-ethyl adjacent to an activating group) is 1. The first kappa shape index (κ1) is 23.0. The maximum absolute atomic E-state index is 13.7. The number of rotatable bonds is 5. The Labute approximate surface area is 218 Å². The van der Waals surface area contributed by atoms with E-state index < -0.39 is 0 Å². The number of hydrogen-bond acceptors (Lipinski definition) is 3. The monoisotopic (exact) mass is 543 g/mol. The van der Waals surface area contributed by atoms with Crippen molar-refractivity contribution < 1.29 is 14.2 Å². The number of fused-ring (bicyclic) bond motifs is 4. The van der Waals surface area contributed by atoms with Gasteiger partial charge in [-0.15, -0.1) is 0 Å². The van der Waals surface area contributed by atoms with E-state index in [9.17, 15) is 9.59 Å². The molecule has 0 saturated carbocycles. The number of hydrogen-bond donors (Lipinski definition) is 0. The van der Waals surface area contributed by atoms with Crippen molar-refractivity contribution in [2.45, 2.75) is 38.0 Å². The van der Waals surface area contributed by atoms with Gasteiger partial charge in [0.15, 0.2) is 24.1 Å². The molecule has 4 aromatic rings. The number of para-hydroxylation sites is 3. The third kappa shape index (κ3) is 3.56. The SMILES string of the molecule is CN1c2ccccc2C2(C)CCN(C(=O)Cn3c[n+](CC(=O)c4ccc(Br)cc4)c4ccccc43)C12. The number of halogens is 1. The Kier molecular flexibility index (Phi) is 5.48. The second-order valence-electron chi connectivity index (χ2n) is 10.0. The van der Waals surface area contributed by atoms with Gasteiger partial charge < -0.3 is 9.80 Å². The van der Waals surface area contributed by atoms with Crippen molar-refractivity contribution in [3.05, 3.63) is 94.7 Å². The fourth-order valence-electron chi connectivity index (χ4n) is 6.13. The van der Waals surface area contributed by atoms with E-state index in [-0.39, 0.29) is 36.4 Å².